The minimum absolute atomic E-state index is 0.0229. The van der Waals surface area contributed by atoms with E-state index in [-0.39, 0.29) is 31.6 Å². The molecule has 2 aromatic rings. The lowest BCUT2D eigenvalue weighted by molar-refractivity contribution is 0.103. The van der Waals surface area contributed by atoms with Crippen LogP contribution in [0.1, 0.15) is 16.1 Å². The molecule has 0 saturated carbocycles. The zero-order valence-corrected chi connectivity index (χ0v) is 11.6. The molecule has 92 valence electrons. The van der Waals surface area contributed by atoms with Gasteiger partial charge in [-0.15, -0.1) is 0 Å². The molecule has 0 saturated heterocycles. The average molecular weight is 322 g/mol. The SMILES string of the molecule is O=C(c1cccc(Cl)c1Cl)c1ncc(Cl)nc1Cl. The smallest absolute Gasteiger partial charge is 0.216 e. The number of carbonyl (C=O) groups excluding carboxylic acids is 1. The highest BCUT2D eigenvalue weighted by molar-refractivity contribution is 6.44. The fourth-order valence-corrected chi connectivity index (χ4v) is 2.09. The van der Waals surface area contributed by atoms with Crippen LogP contribution in [0.4, 0.5) is 0 Å². The molecule has 0 radical (unpaired) electrons. The van der Waals surface area contributed by atoms with Crippen LogP contribution < -0.4 is 0 Å². The van der Waals surface area contributed by atoms with Gasteiger partial charge in [0.2, 0.25) is 5.78 Å². The Morgan fingerprint density at radius 2 is 1.83 bits per heavy atom. The van der Waals surface area contributed by atoms with Gasteiger partial charge in [0.25, 0.3) is 0 Å². The van der Waals surface area contributed by atoms with Gasteiger partial charge in [0.1, 0.15) is 10.8 Å². The van der Waals surface area contributed by atoms with E-state index in [2.05, 4.69) is 9.97 Å². The van der Waals surface area contributed by atoms with Gasteiger partial charge in [-0.2, -0.15) is 0 Å². The van der Waals surface area contributed by atoms with Crippen molar-refractivity contribution < 1.29 is 4.79 Å². The first-order valence-corrected chi connectivity index (χ1v) is 6.18. The van der Waals surface area contributed by atoms with E-state index in [1.54, 1.807) is 12.1 Å². The van der Waals surface area contributed by atoms with Crippen molar-refractivity contribution in [3.8, 4) is 0 Å². The Morgan fingerprint density at radius 3 is 2.50 bits per heavy atom. The van der Waals surface area contributed by atoms with E-state index in [0.29, 0.717) is 0 Å². The predicted octanol–water partition coefficient (Wildman–Crippen LogP) is 4.32. The van der Waals surface area contributed by atoms with Crippen LogP contribution in [-0.2, 0) is 0 Å². The van der Waals surface area contributed by atoms with Gasteiger partial charge in [-0.1, -0.05) is 52.5 Å². The summed E-state index contributed by atoms with van der Waals surface area (Å²) in [5.41, 5.74) is 0.188. The van der Waals surface area contributed by atoms with Crippen molar-refractivity contribution in [2.75, 3.05) is 0 Å². The summed E-state index contributed by atoms with van der Waals surface area (Å²) in [7, 11) is 0. The average Bonchev–Trinajstić information content (AvgIpc) is 2.32. The van der Waals surface area contributed by atoms with Crippen LogP contribution in [0.3, 0.4) is 0 Å². The number of hydrogen-bond donors (Lipinski definition) is 0. The molecule has 0 fully saturated rings. The summed E-state index contributed by atoms with van der Waals surface area (Å²) >= 11 is 23.2. The van der Waals surface area contributed by atoms with Crippen molar-refractivity contribution in [1.82, 2.24) is 9.97 Å². The molecule has 1 aromatic carbocycles. The predicted molar refractivity (Wildman–Crippen MR) is 71.9 cm³/mol. The summed E-state index contributed by atoms with van der Waals surface area (Å²) in [5.74, 6) is -0.461. The van der Waals surface area contributed by atoms with Gasteiger partial charge in [-0.05, 0) is 12.1 Å². The van der Waals surface area contributed by atoms with E-state index < -0.39 is 5.78 Å². The van der Waals surface area contributed by atoms with Gasteiger partial charge in [-0.25, -0.2) is 9.97 Å². The van der Waals surface area contributed by atoms with Crippen LogP contribution in [0.5, 0.6) is 0 Å². The normalized spacial score (nSPS) is 10.4. The number of ketones is 1. The van der Waals surface area contributed by atoms with Crippen LogP contribution >= 0.6 is 46.4 Å². The number of rotatable bonds is 2. The number of nitrogens with zero attached hydrogens (tertiary/aromatic N) is 2. The minimum Gasteiger partial charge on any atom is -0.287 e. The van der Waals surface area contributed by atoms with Gasteiger partial charge in [0.05, 0.1) is 16.2 Å². The third-order valence-corrected chi connectivity index (χ3v) is 3.38. The molecule has 1 aromatic heterocycles. The molecule has 7 heteroatoms. The number of carbonyl (C=O) groups is 1. The Hall–Kier alpha value is -0.870. The Labute approximate surface area is 123 Å². The number of halogens is 4. The molecular formula is C11H4Cl4N2O. The molecule has 0 spiro atoms. The van der Waals surface area contributed by atoms with E-state index in [4.69, 9.17) is 46.4 Å². The second-order valence-corrected chi connectivity index (χ2v) is 4.79. The zero-order valence-electron chi connectivity index (χ0n) is 8.62. The summed E-state index contributed by atoms with van der Waals surface area (Å²) in [4.78, 5) is 19.8. The first-order valence-electron chi connectivity index (χ1n) is 4.67. The molecule has 0 amide bonds. The second kappa shape index (κ2) is 5.41. The quantitative estimate of drug-likeness (QED) is 0.773. The molecule has 3 nitrogen and oxygen atoms in total. The van der Waals surface area contributed by atoms with E-state index in [1.807, 2.05) is 0 Å². The Morgan fingerprint density at radius 1 is 1.11 bits per heavy atom. The highest BCUT2D eigenvalue weighted by atomic mass is 35.5. The molecule has 2 rings (SSSR count). The summed E-state index contributed by atoms with van der Waals surface area (Å²) < 4.78 is 0. The highest BCUT2D eigenvalue weighted by Gasteiger charge is 2.19. The zero-order chi connectivity index (χ0) is 13.3. The fourth-order valence-electron chi connectivity index (χ4n) is 1.31. The largest absolute Gasteiger partial charge is 0.287 e. The third kappa shape index (κ3) is 2.59. The van der Waals surface area contributed by atoms with Crippen molar-refractivity contribution in [3.05, 3.63) is 56.0 Å². The van der Waals surface area contributed by atoms with Crippen molar-refractivity contribution >= 4 is 52.2 Å². The summed E-state index contributed by atoms with van der Waals surface area (Å²) in [6.07, 6.45) is 1.24. The lowest BCUT2D eigenvalue weighted by Crippen LogP contribution is -2.07. The standard InChI is InChI=1S/C11H4Cl4N2O/c12-6-3-1-2-5(8(6)14)10(18)9-11(15)17-7(13)4-16-9/h1-4H. The highest BCUT2D eigenvalue weighted by Crippen LogP contribution is 2.28. The van der Waals surface area contributed by atoms with Gasteiger partial charge in [-0.3, -0.25) is 4.79 Å². The van der Waals surface area contributed by atoms with Gasteiger partial charge in [0, 0.05) is 5.56 Å². The molecule has 0 aliphatic heterocycles. The maximum Gasteiger partial charge on any atom is 0.216 e. The molecule has 0 aliphatic rings. The lowest BCUT2D eigenvalue weighted by atomic mass is 10.1. The van der Waals surface area contributed by atoms with Crippen molar-refractivity contribution in [1.29, 1.82) is 0 Å². The molecule has 0 atom stereocenters. The summed E-state index contributed by atoms with van der Waals surface area (Å²) in [6.45, 7) is 0. The second-order valence-electron chi connectivity index (χ2n) is 3.26. The topological polar surface area (TPSA) is 42.9 Å². The van der Waals surface area contributed by atoms with Crippen LogP contribution in [0.15, 0.2) is 24.4 Å². The van der Waals surface area contributed by atoms with Crippen LogP contribution in [-0.4, -0.2) is 15.8 Å². The molecule has 1 heterocycles. The van der Waals surface area contributed by atoms with E-state index in [1.165, 1.54) is 12.3 Å². The monoisotopic (exact) mass is 320 g/mol. The molecule has 0 bridgehead atoms. The van der Waals surface area contributed by atoms with Crippen LogP contribution in [0.2, 0.25) is 20.4 Å². The maximum atomic E-state index is 12.2. The van der Waals surface area contributed by atoms with Crippen molar-refractivity contribution in [3.63, 3.8) is 0 Å². The first kappa shape index (κ1) is 13.6. The van der Waals surface area contributed by atoms with E-state index >= 15 is 0 Å². The Balaban J connectivity index is 2.51. The van der Waals surface area contributed by atoms with Crippen LogP contribution in [0, 0.1) is 0 Å². The maximum absolute atomic E-state index is 12.2. The number of aromatic nitrogens is 2. The summed E-state index contributed by atoms with van der Waals surface area (Å²) in [5, 5.41) is 0.454. The number of hydrogen-bond acceptors (Lipinski definition) is 3. The van der Waals surface area contributed by atoms with Gasteiger partial charge >= 0.3 is 0 Å². The van der Waals surface area contributed by atoms with E-state index in [9.17, 15) is 4.79 Å². The van der Waals surface area contributed by atoms with Crippen molar-refractivity contribution in [2.45, 2.75) is 0 Å². The molecule has 18 heavy (non-hydrogen) atoms. The minimum atomic E-state index is -0.461. The fraction of sp³-hybridized carbons (Fsp3) is 0. The lowest BCUT2D eigenvalue weighted by Gasteiger charge is -2.05. The van der Waals surface area contributed by atoms with Gasteiger partial charge < -0.3 is 0 Å². The Bertz CT molecular complexity index is 630. The molecule has 0 aliphatic carbocycles. The molecular weight excluding hydrogens is 318 g/mol. The summed E-state index contributed by atoms with van der Waals surface area (Å²) in [6, 6.07) is 4.72. The van der Waals surface area contributed by atoms with Crippen LogP contribution in [0.25, 0.3) is 0 Å². The first-order chi connectivity index (χ1) is 8.50. The van der Waals surface area contributed by atoms with Gasteiger partial charge in [0.15, 0.2) is 5.15 Å². The van der Waals surface area contributed by atoms with Crippen molar-refractivity contribution in [2.24, 2.45) is 0 Å². The molecule has 0 unspecified atom stereocenters. The third-order valence-electron chi connectivity index (χ3n) is 2.11. The molecule has 0 N–H and O–H groups in total. The van der Waals surface area contributed by atoms with E-state index in [0.717, 1.165) is 0 Å². The Kier molecular flexibility index (Phi) is 4.07. The number of benzene rings is 1.